The van der Waals surface area contributed by atoms with Gasteiger partial charge in [0.05, 0.1) is 4.92 Å². The molecule has 18 heavy (non-hydrogen) atoms. The lowest BCUT2D eigenvalue weighted by Crippen LogP contribution is -1.94. The van der Waals surface area contributed by atoms with Crippen LogP contribution in [0.4, 0.5) is 5.69 Å². The van der Waals surface area contributed by atoms with Crippen LogP contribution in [0.15, 0.2) is 35.8 Å². The lowest BCUT2D eigenvalue weighted by molar-refractivity contribution is -0.384. The first kappa shape index (κ1) is 12.4. The van der Waals surface area contributed by atoms with Crippen molar-refractivity contribution < 1.29 is 23.1 Å². The Morgan fingerprint density at radius 2 is 1.67 bits per heavy atom. The van der Waals surface area contributed by atoms with Gasteiger partial charge in [-0.2, -0.15) is 4.57 Å². The summed E-state index contributed by atoms with van der Waals surface area (Å²) in [5.41, 5.74) is -0.0839. The molecular weight excluding hydrogens is 261 g/mol. The number of allylic oxidation sites excluding steroid dienone is 2. The maximum absolute atomic E-state index is 12.0. The first-order chi connectivity index (χ1) is 8.39. The molecule has 0 aliphatic carbocycles. The van der Waals surface area contributed by atoms with Crippen LogP contribution in [0.5, 0.6) is 5.75 Å². The summed E-state index contributed by atoms with van der Waals surface area (Å²) in [6.07, 6.45) is 0. The number of rotatable bonds is 3. The minimum absolute atomic E-state index is 0.0839. The summed E-state index contributed by atoms with van der Waals surface area (Å²) < 4.78 is 27.1. The Morgan fingerprint density at radius 3 is 2.11 bits per heavy atom. The first-order valence-electron chi connectivity index (χ1n) is 5.00. The van der Waals surface area contributed by atoms with Crippen LogP contribution in [0, 0.1) is 10.1 Å². The average molecular weight is 271 g/mol. The fourth-order valence-corrected chi connectivity index (χ4v) is 2.70. The van der Waals surface area contributed by atoms with Crippen molar-refractivity contribution >= 4 is 13.5 Å². The van der Waals surface area contributed by atoms with Crippen LogP contribution in [0.2, 0.25) is 0 Å². The van der Waals surface area contributed by atoms with Crippen molar-refractivity contribution in [2.24, 2.45) is 0 Å². The number of non-ortho nitro benzene ring substituents is 1. The van der Waals surface area contributed by atoms with Crippen molar-refractivity contribution in [1.29, 1.82) is 0 Å². The minimum Gasteiger partial charge on any atom is -0.387 e. The van der Waals surface area contributed by atoms with Crippen LogP contribution in [0.25, 0.3) is 0 Å². The highest BCUT2D eigenvalue weighted by Crippen LogP contribution is 2.57. The molecule has 0 atom stereocenters. The van der Waals surface area contributed by atoms with Crippen molar-refractivity contribution in [2.45, 2.75) is 13.8 Å². The molecule has 1 heterocycles. The first-order valence-corrected chi connectivity index (χ1v) is 6.46. The number of phosphoric ester groups is 1. The molecule has 0 spiro atoms. The zero-order valence-corrected chi connectivity index (χ0v) is 10.5. The maximum Gasteiger partial charge on any atom is 0.646 e. The lowest BCUT2D eigenvalue weighted by Gasteiger charge is -2.11. The van der Waals surface area contributed by atoms with Gasteiger partial charge in [0, 0.05) is 12.1 Å². The van der Waals surface area contributed by atoms with Gasteiger partial charge in [0.2, 0.25) is 0 Å². The van der Waals surface area contributed by atoms with Gasteiger partial charge in [-0.25, -0.2) is 0 Å². The van der Waals surface area contributed by atoms with E-state index >= 15 is 0 Å². The van der Waals surface area contributed by atoms with Crippen molar-refractivity contribution in [3.63, 3.8) is 0 Å². The van der Waals surface area contributed by atoms with Gasteiger partial charge >= 0.3 is 7.82 Å². The number of hydrogen-bond donors (Lipinski definition) is 0. The highest BCUT2D eigenvalue weighted by molar-refractivity contribution is 7.49. The Bertz CT molecular complexity index is 546. The molecule has 2 rings (SSSR count). The summed E-state index contributed by atoms with van der Waals surface area (Å²) in [6.45, 7) is 3.21. The van der Waals surface area contributed by atoms with Crippen molar-refractivity contribution in [3.8, 4) is 5.75 Å². The summed E-state index contributed by atoms with van der Waals surface area (Å²) in [5.74, 6) is 0.951. The number of nitro groups is 1. The molecule has 0 saturated carbocycles. The quantitative estimate of drug-likeness (QED) is 0.475. The smallest absolute Gasteiger partial charge is 0.387 e. The predicted molar refractivity (Wildman–Crippen MR) is 61.9 cm³/mol. The second-order valence-electron chi connectivity index (χ2n) is 3.58. The molecule has 1 aromatic carbocycles. The van der Waals surface area contributed by atoms with E-state index < -0.39 is 12.7 Å². The monoisotopic (exact) mass is 271 g/mol. The molecule has 96 valence electrons. The standard InChI is InChI=1S/C10H10NO6P/c1-7-8(2)16-18(14,15-7)17-10-5-3-9(4-6-10)11(12)13/h3-6H,1-2H3. The zero-order valence-electron chi connectivity index (χ0n) is 9.65. The second kappa shape index (κ2) is 4.34. The summed E-state index contributed by atoms with van der Waals surface area (Å²) in [7, 11) is -3.69. The van der Waals surface area contributed by atoms with Gasteiger partial charge in [0.1, 0.15) is 17.3 Å². The summed E-state index contributed by atoms with van der Waals surface area (Å²) >= 11 is 0. The highest BCUT2D eigenvalue weighted by Gasteiger charge is 2.39. The van der Waals surface area contributed by atoms with Crippen LogP contribution < -0.4 is 4.52 Å². The molecule has 0 saturated heterocycles. The molecule has 0 fully saturated rings. The van der Waals surface area contributed by atoms with Crippen LogP contribution in [0.3, 0.4) is 0 Å². The van der Waals surface area contributed by atoms with E-state index in [1.54, 1.807) is 13.8 Å². The third-order valence-corrected chi connectivity index (χ3v) is 3.69. The van der Waals surface area contributed by atoms with Gasteiger partial charge in [-0.15, -0.1) is 0 Å². The number of benzene rings is 1. The number of phosphoric acid groups is 1. The predicted octanol–water partition coefficient (Wildman–Crippen LogP) is 3.38. The zero-order chi connectivity index (χ0) is 13.3. The largest absolute Gasteiger partial charge is 0.646 e. The van der Waals surface area contributed by atoms with E-state index in [9.17, 15) is 14.7 Å². The summed E-state index contributed by atoms with van der Waals surface area (Å²) in [4.78, 5) is 9.92. The molecule has 0 radical (unpaired) electrons. The van der Waals surface area contributed by atoms with Gasteiger partial charge in [0.15, 0.2) is 0 Å². The Labute approximate surface area is 103 Å². The molecule has 0 bridgehead atoms. The normalized spacial score (nSPS) is 17.0. The number of nitro benzene ring substituents is 1. The van der Waals surface area contributed by atoms with Gasteiger partial charge in [0.25, 0.3) is 5.69 Å². The van der Waals surface area contributed by atoms with Crippen molar-refractivity contribution in [3.05, 3.63) is 45.9 Å². The summed E-state index contributed by atoms with van der Waals surface area (Å²) in [5, 5.41) is 10.5. The van der Waals surface area contributed by atoms with E-state index in [4.69, 9.17) is 13.6 Å². The van der Waals surface area contributed by atoms with E-state index in [1.165, 1.54) is 24.3 Å². The molecule has 1 aliphatic rings. The van der Waals surface area contributed by atoms with E-state index in [0.717, 1.165) is 0 Å². The Kier molecular flexibility index (Phi) is 3.00. The topological polar surface area (TPSA) is 87.9 Å². The maximum atomic E-state index is 12.0. The molecule has 0 aromatic heterocycles. The van der Waals surface area contributed by atoms with Gasteiger partial charge in [-0.3, -0.25) is 10.1 Å². The van der Waals surface area contributed by atoms with Gasteiger partial charge < -0.3 is 13.6 Å². The van der Waals surface area contributed by atoms with Crippen molar-refractivity contribution in [2.75, 3.05) is 0 Å². The van der Waals surface area contributed by atoms with E-state index in [0.29, 0.717) is 11.5 Å². The second-order valence-corrected chi connectivity index (χ2v) is 5.03. The molecule has 0 unspecified atom stereocenters. The van der Waals surface area contributed by atoms with Crippen LogP contribution in [-0.2, 0) is 13.6 Å². The van der Waals surface area contributed by atoms with Gasteiger partial charge in [-0.1, -0.05) is 0 Å². The molecule has 1 aromatic rings. The van der Waals surface area contributed by atoms with Crippen LogP contribution in [0.1, 0.15) is 13.8 Å². The van der Waals surface area contributed by atoms with Crippen LogP contribution >= 0.6 is 7.82 Å². The van der Waals surface area contributed by atoms with Gasteiger partial charge in [-0.05, 0) is 26.0 Å². The highest BCUT2D eigenvalue weighted by atomic mass is 31.2. The fourth-order valence-electron chi connectivity index (χ4n) is 1.28. The third-order valence-electron chi connectivity index (χ3n) is 2.26. The SMILES string of the molecule is CC1=C(C)OP(=O)(Oc2ccc([N+](=O)[O-])cc2)O1. The summed E-state index contributed by atoms with van der Waals surface area (Å²) in [6, 6.07) is 5.14. The van der Waals surface area contributed by atoms with E-state index in [-0.39, 0.29) is 11.4 Å². The molecule has 0 amide bonds. The molecule has 1 aliphatic heterocycles. The Balaban J connectivity index is 2.12. The number of nitrogens with zero attached hydrogens (tertiary/aromatic N) is 1. The van der Waals surface area contributed by atoms with Crippen LogP contribution in [-0.4, -0.2) is 4.92 Å². The molecular formula is C10H10NO6P. The number of hydrogen-bond acceptors (Lipinski definition) is 6. The minimum atomic E-state index is -3.69. The lowest BCUT2D eigenvalue weighted by atomic mass is 10.3. The Hall–Kier alpha value is -2.01. The fraction of sp³-hybridized carbons (Fsp3) is 0.200. The van der Waals surface area contributed by atoms with E-state index in [1.807, 2.05) is 0 Å². The molecule has 8 heteroatoms. The molecule has 0 N–H and O–H groups in total. The average Bonchev–Trinajstić information content (AvgIpc) is 2.53. The third kappa shape index (κ3) is 2.46. The Morgan fingerprint density at radius 1 is 1.17 bits per heavy atom. The molecule has 7 nitrogen and oxygen atoms in total. The van der Waals surface area contributed by atoms with Crippen molar-refractivity contribution in [1.82, 2.24) is 0 Å². The van der Waals surface area contributed by atoms with E-state index in [2.05, 4.69) is 0 Å².